The van der Waals surface area contributed by atoms with Gasteiger partial charge in [0.15, 0.2) is 0 Å². The predicted molar refractivity (Wildman–Crippen MR) is 60.8 cm³/mol. The third-order valence-corrected chi connectivity index (χ3v) is 3.84. The van der Waals surface area contributed by atoms with Crippen LogP contribution in [0.2, 0.25) is 0 Å². The maximum Gasteiger partial charge on any atom is 0.266 e. The summed E-state index contributed by atoms with van der Waals surface area (Å²) < 4.78 is 26.9. The van der Waals surface area contributed by atoms with Crippen molar-refractivity contribution in [2.75, 3.05) is 0 Å². The van der Waals surface area contributed by atoms with Crippen LogP contribution in [0.15, 0.2) is 17.0 Å². The highest BCUT2D eigenvalue weighted by atomic mass is 79.9. The molecule has 2 rings (SSSR count). The van der Waals surface area contributed by atoms with E-state index in [0.717, 1.165) is 14.5 Å². The summed E-state index contributed by atoms with van der Waals surface area (Å²) in [6, 6.07) is 0. The molecule has 16 heavy (non-hydrogen) atoms. The fourth-order valence-corrected chi connectivity index (χ4v) is 2.84. The smallest absolute Gasteiger partial charge is 0.266 e. The molecule has 0 unspecified atom stereocenters. The van der Waals surface area contributed by atoms with E-state index < -0.39 is 6.43 Å². The molecule has 2 aromatic heterocycles. The van der Waals surface area contributed by atoms with Gasteiger partial charge in [0, 0.05) is 6.20 Å². The Balaban J connectivity index is 2.17. The maximum atomic E-state index is 12.3. The Morgan fingerprint density at radius 1 is 1.56 bits per heavy atom. The van der Waals surface area contributed by atoms with E-state index in [4.69, 9.17) is 0 Å². The van der Waals surface area contributed by atoms with Crippen molar-refractivity contribution in [3.63, 3.8) is 0 Å². The lowest BCUT2D eigenvalue weighted by Gasteiger charge is -1.98. The number of nitrogens with zero attached hydrogens (tertiary/aromatic N) is 3. The lowest BCUT2D eigenvalue weighted by atomic mass is 10.4. The molecule has 0 amide bonds. The quantitative estimate of drug-likeness (QED) is 0.870. The third-order valence-electron chi connectivity index (χ3n) is 1.97. The Morgan fingerprint density at radius 3 is 2.81 bits per heavy atom. The molecule has 0 fully saturated rings. The van der Waals surface area contributed by atoms with Crippen LogP contribution in [0.25, 0.3) is 0 Å². The molecule has 0 atom stereocenters. The van der Waals surface area contributed by atoms with Crippen LogP contribution in [-0.2, 0) is 6.54 Å². The molecule has 0 radical (unpaired) electrons. The molecule has 0 bridgehead atoms. The van der Waals surface area contributed by atoms with E-state index in [1.807, 2.05) is 6.92 Å². The van der Waals surface area contributed by atoms with Gasteiger partial charge < -0.3 is 0 Å². The highest BCUT2D eigenvalue weighted by Gasteiger charge is 2.11. The molecule has 0 spiro atoms. The summed E-state index contributed by atoms with van der Waals surface area (Å²) in [7, 11) is 0. The molecule has 2 aromatic rings. The van der Waals surface area contributed by atoms with Gasteiger partial charge in [-0.25, -0.2) is 13.8 Å². The molecule has 0 aliphatic carbocycles. The first kappa shape index (κ1) is 11.7. The highest BCUT2D eigenvalue weighted by molar-refractivity contribution is 9.10. The Labute approximate surface area is 103 Å². The van der Waals surface area contributed by atoms with Gasteiger partial charge in [0.05, 0.1) is 28.2 Å². The second kappa shape index (κ2) is 4.58. The molecular weight excluding hydrogens is 300 g/mol. The molecule has 0 saturated heterocycles. The van der Waals surface area contributed by atoms with Crippen LogP contribution in [0, 0.1) is 6.92 Å². The number of rotatable bonds is 3. The van der Waals surface area contributed by atoms with E-state index in [9.17, 15) is 8.78 Å². The molecule has 0 aromatic carbocycles. The predicted octanol–water partition coefficient (Wildman–Crippen LogP) is 3.40. The van der Waals surface area contributed by atoms with E-state index in [-0.39, 0.29) is 5.56 Å². The average molecular weight is 308 g/mol. The van der Waals surface area contributed by atoms with Gasteiger partial charge in [0.25, 0.3) is 6.43 Å². The molecular formula is C9H8BrF2N3S. The van der Waals surface area contributed by atoms with Crippen LogP contribution in [0.3, 0.4) is 0 Å². The van der Waals surface area contributed by atoms with Crippen molar-refractivity contribution in [2.45, 2.75) is 19.9 Å². The van der Waals surface area contributed by atoms with Crippen molar-refractivity contribution in [1.29, 1.82) is 0 Å². The molecule has 7 heteroatoms. The largest absolute Gasteiger partial charge is 0.267 e. The van der Waals surface area contributed by atoms with Gasteiger partial charge in [-0.2, -0.15) is 5.10 Å². The van der Waals surface area contributed by atoms with Gasteiger partial charge in [-0.3, -0.25) is 4.68 Å². The standard InChI is InChI=1S/C9H8BrF2N3S/c1-5-14-8(10)7(16-5)4-15-3-6(2-13-15)9(11)12/h2-3,9H,4H2,1H3. The number of aryl methyl sites for hydroxylation is 1. The van der Waals surface area contributed by atoms with Crippen molar-refractivity contribution in [1.82, 2.24) is 14.8 Å². The topological polar surface area (TPSA) is 30.7 Å². The minimum atomic E-state index is -2.47. The lowest BCUT2D eigenvalue weighted by Crippen LogP contribution is -1.98. The molecule has 0 aliphatic rings. The fourth-order valence-electron chi connectivity index (χ4n) is 1.27. The van der Waals surface area contributed by atoms with E-state index in [1.54, 1.807) is 0 Å². The zero-order chi connectivity index (χ0) is 11.7. The number of aromatic nitrogens is 3. The van der Waals surface area contributed by atoms with Crippen LogP contribution in [0.1, 0.15) is 21.9 Å². The average Bonchev–Trinajstić information content (AvgIpc) is 2.75. The first-order valence-corrected chi connectivity index (χ1v) is 6.09. The van der Waals surface area contributed by atoms with Crippen molar-refractivity contribution in [2.24, 2.45) is 0 Å². The van der Waals surface area contributed by atoms with Gasteiger partial charge in [0.2, 0.25) is 0 Å². The van der Waals surface area contributed by atoms with Crippen LogP contribution < -0.4 is 0 Å². The minimum Gasteiger partial charge on any atom is -0.267 e. The third kappa shape index (κ3) is 2.46. The summed E-state index contributed by atoms with van der Waals surface area (Å²) in [6.07, 6.45) is 0.0684. The summed E-state index contributed by atoms with van der Waals surface area (Å²) in [4.78, 5) is 5.17. The first-order chi connectivity index (χ1) is 7.56. The molecule has 0 aliphatic heterocycles. The molecule has 0 saturated carbocycles. The van der Waals surface area contributed by atoms with Gasteiger partial charge in [-0.15, -0.1) is 11.3 Å². The summed E-state index contributed by atoms with van der Waals surface area (Å²) in [5.41, 5.74) is -0.0580. The fraction of sp³-hybridized carbons (Fsp3) is 0.333. The first-order valence-electron chi connectivity index (χ1n) is 4.48. The number of hydrogen-bond donors (Lipinski definition) is 0. The van der Waals surface area contributed by atoms with E-state index in [0.29, 0.717) is 6.54 Å². The van der Waals surface area contributed by atoms with E-state index in [2.05, 4.69) is 26.0 Å². The number of alkyl halides is 2. The summed E-state index contributed by atoms with van der Waals surface area (Å²) in [5, 5.41) is 4.81. The number of hydrogen-bond acceptors (Lipinski definition) is 3. The minimum absolute atomic E-state index is 0.0580. The van der Waals surface area contributed by atoms with E-state index in [1.165, 1.54) is 28.4 Å². The zero-order valence-electron chi connectivity index (χ0n) is 8.32. The van der Waals surface area contributed by atoms with Crippen LogP contribution >= 0.6 is 27.3 Å². The lowest BCUT2D eigenvalue weighted by molar-refractivity contribution is 0.151. The molecule has 3 nitrogen and oxygen atoms in total. The summed E-state index contributed by atoms with van der Waals surface area (Å²) in [5.74, 6) is 0. The number of halogens is 3. The van der Waals surface area contributed by atoms with Gasteiger partial charge >= 0.3 is 0 Å². The van der Waals surface area contributed by atoms with Gasteiger partial charge in [0.1, 0.15) is 4.60 Å². The second-order valence-electron chi connectivity index (χ2n) is 3.22. The van der Waals surface area contributed by atoms with Crippen LogP contribution in [0.4, 0.5) is 8.78 Å². The van der Waals surface area contributed by atoms with Crippen LogP contribution in [-0.4, -0.2) is 14.8 Å². The Bertz CT molecular complexity index is 495. The monoisotopic (exact) mass is 307 g/mol. The van der Waals surface area contributed by atoms with Crippen molar-refractivity contribution >= 4 is 27.3 Å². The highest BCUT2D eigenvalue weighted by Crippen LogP contribution is 2.24. The Hall–Kier alpha value is -0.820. The number of thiazole rings is 1. The molecule has 86 valence electrons. The maximum absolute atomic E-state index is 12.3. The van der Waals surface area contributed by atoms with Gasteiger partial charge in [-0.1, -0.05) is 0 Å². The Kier molecular flexibility index (Phi) is 3.34. The van der Waals surface area contributed by atoms with E-state index >= 15 is 0 Å². The Morgan fingerprint density at radius 2 is 2.31 bits per heavy atom. The molecule has 0 N–H and O–H groups in total. The van der Waals surface area contributed by atoms with Crippen LogP contribution in [0.5, 0.6) is 0 Å². The van der Waals surface area contributed by atoms with Crippen molar-refractivity contribution in [3.05, 3.63) is 32.4 Å². The van der Waals surface area contributed by atoms with Crippen molar-refractivity contribution < 1.29 is 8.78 Å². The second-order valence-corrected chi connectivity index (χ2v) is 5.26. The SMILES string of the molecule is Cc1nc(Br)c(Cn2cc(C(F)F)cn2)s1. The van der Waals surface area contributed by atoms with Crippen molar-refractivity contribution in [3.8, 4) is 0 Å². The summed E-state index contributed by atoms with van der Waals surface area (Å²) >= 11 is 4.84. The zero-order valence-corrected chi connectivity index (χ0v) is 10.7. The molecule has 2 heterocycles. The summed E-state index contributed by atoms with van der Waals surface area (Å²) in [6.45, 7) is 2.35. The van der Waals surface area contributed by atoms with Gasteiger partial charge in [-0.05, 0) is 22.9 Å². The normalized spacial score (nSPS) is 11.3.